The summed E-state index contributed by atoms with van der Waals surface area (Å²) < 4.78 is 10.7. The Kier molecular flexibility index (Phi) is 59.4. The van der Waals surface area contributed by atoms with Crippen LogP contribution in [0.1, 0.15) is 296 Å². The van der Waals surface area contributed by atoms with Gasteiger partial charge in [-0.1, -0.05) is 284 Å². The Morgan fingerprint density at radius 1 is 0.333 bits per heavy atom. The highest BCUT2D eigenvalue weighted by Gasteiger charge is 2.16. The SMILES string of the molecule is CC/C=C\C/C=C\C/C=C\C/C=C\C/C=C\C/C=C\CCCCCCCCCCCCCCCCC(=O)OC(CO)COC(=O)CCCCCCCCCCCCCCC/C=C\C/C=C\CCCCCCC. The van der Waals surface area contributed by atoms with Gasteiger partial charge in [-0.25, -0.2) is 0 Å². The molecule has 0 saturated heterocycles. The largest absolute Gasteiger partial charge is 0.462 e. The lowest BCUT2D eigenvalue weighted by molar-refractivity contribution is -0.161. The van der Waals surface area contributed by atoms with Gasteiger partial charge in [0.1, 0.15) is 6.61 Å². The fraction of sp³-hybridized carbons (Fsp3) is 0.731. The number of carbonyl (C=O) groups is 2. The molecule has 414 valence electrons. The summed E-state index contributed by atoms with van der Waals surface area (Å²) in [7, 11) is 0. The third-order valence-corrected chi connectivity index (χ3v) is 13.4. The van der Waals surface area contributed by atoms with Crippen LogP contribution in [0.3, 0.4) is 0 Å². The normalized spacial score (nSPS) is 12.9. The highest BCUT2D eigenvalue weighted by atomic mass is 16.6. The van der Waals surface area contributed by atoms with Crippen molar-refractivity contribution in [3.05, 3.63) is 97.2 Å². The lowest BCUT2D eigenvalue weighted by atomic mass is 10.0. The first-order valence-corrected chi connectivity index (χ1v) is 30.8. The maximum absolute atomic E-state index is 12.3. The van der Waals surface area contributed by atoms with Crippen LogP contribution in [-0.4, -0.2) is 36.4 Å². The van der Waals surface area contributed by atoms with Crippen LogP contribution in [0.5, 0.6) is 0 Å². The fourth-order valence-electron chi connectivity index (χ4n) is 8.77. The second kappa shape index (κ2) is 62.1. The molecule has 0 amide bonds. The number of hydrogen-bond acceptors (Lipinski definition) is 5. The molecule has 0 spiro atoms. The summed E-state index contributed by atoms with van der Waals surface area (Å²) in [6.07, 6.45) is 88.2. The second-order valence-electron chi connectivity index (χ2n) is 20.4. The minimum Gasteiger partial charge on any atom is -0.462 e. The second-order valence-corrected chi connectivity index (χ2v) is 20.4. The average molecular weight is 1000 g/mol. The predicted molar refractivity (Wildman–Crippen MR) is 316 cm³/mol. The molecule has 0 radical (unpaired) electrons. The Bertz CT molecular complexity index is 1360. The molecule has 1 atom stereocenters. The molecule has 0 rings (SSSR count). The molecule has 0 aliphatic heterocycles. The van der Waals surface area contributed by atoms with Gasteiger partial charge in [0, 0.05) is 12.8 Å². The number of esters is 2. The van der Waals surface area contributed by atoms with Crippen molar-refractivity contribution in [1.29, 1.82) is 0 Å². The Hall–Kier alpha value is -3.18. The van der Waals surface area contributed by atoms with E-state index in [4.69, 9.17) is 9.47 Å². The van der Waals surface area contributed by atoms with Crippen molar-refractivity contribution in [2.24, 2.45) is 0 Å². The molecule has 5 heteroatoms. The molecule has 5 nitrogen and oxygen atoms in total. The molecule has 0 aromatic rings. The van der Waals surface area contributed by atoms with Gasteiger partial charge in [0.2, 0.25) is 0 Å². The van der Waals surface area contributed by atoms with Gasteiger partial charge in [0.05, 0.1) is 6.61 Å². The summed E-state index contributed by atoms with van der Waals surface area (Å²) in [4.78, 5) is 24.6. The Labute approximate surface area is 447 Å². The smallest absolute Gasteiger partial charge is 0.306 e. The average Bonchev–Trinajstić information content (AvgIpc) is 3.38. The van der Waals surface area contributed by atoms with E-state index < -0.39 is 6.10 Å². The Morgan fingerprint density at radius 2 is 0.597 bits per heavy atom. The third-order valence-electron chi connectivity index (χ3n) is 13.4. The van der Waals surface area contributed by atoms with Gasteiger partial charge in [-0.15, -0.1) is 0 Å². The first kappa shape index (κ1) is 68.8. The lowest BCUT2D eigenvalue weighted by Gasteiger charge is -2.15. The molecule has 0 saturated carbocycles. The van der Waals surface area contributed by atoms with Crippen LogP contribution in [0.2, 0.25) is 0 Å². The summed E-state index contributed by atoms with van der Waals surface area (Å²) in [6, 6.07) is 0. The number of hydrogen-bond donors (Lipinski definition) is 1. The number of rotatable bonds is 56. The first-order valence-electron chi connectivity index (χ1n) is 30.8. The van der Waals surface area contributed by atoms with Crippen LogP contribution < -0.4 is 0 Å². The summed E-state index contributed by atoms with van der Waals surface area (Å²) in [6.45, 7) is 4.04. The fourth-order valence-corrected chi connectivity index (χ4v) is 8.77. The molecular weight excluding hydrogens is 885 g/mol. The quantitative estimate of drug-likeness (QED) is 0.0373. The van der Waals surface area contributed by atoms with Gasteiger partial charge in [-0.05, 0) is 96.3 Å². The molecule has 72 heavy (non-hydrogen) atoms. The molecule has 0 heterocycles. The zero-order valence-corrected chi connectivity index (χ0v) is 47.4. The van der Waals surface area contributed by atoms with E-state index in [0.717, 1.165) is 83.5 Å². The van der Waals surface area contributed by atoms with E-state index in [-0.39, 0.29) is 25.2 Å². The van der Waals surface area contributed by atoms with E-state index >= 15 is 0 Å². The number of aliphatic hydroxyl groups excluding tert-OH is 1. The topological polar surface area (TPSA) is 72.8 Å². The summed E-state index contributed by atoms with van der Waals surface area (Å²) in [5, 5.41) is 9.68. The summed E-state index contributed by atoms with van der Waals surface area (Å²) >= 11 is 0. The van der Waals surface area contributed by atoms with Crippen molar-refractivity contribution >= 4 is 11.9 Å². The highest BCUT2D eigenvalue weighted by molar-refractivity contribution is 5.70. The van der Waals surface area contributed by atoms with Crippen molar-refractivity contribution in [3.63, 3.8) is 0 Å². The molecule has 0 aliphatic rings. The van der Waals surface area contributed by atoms with Gasteiger partial charge in [-0.2, -0.15) is 0 Å². The highest BCUT2D eigenvalue weighted by Crippen LogP contribution is 2.16. The molecule has 0 aliphatic carbocycles. The Morgan fingerprint density at radius 3 is 0.903 bits per heavy atom. The predicted octanol–water partition coefficient (Wildman–Crippen LogP) is 21.1. The Balaban J connectivity index is 3.49. The van der Waals surface area contributed by atoms with E-state index in [1.807, 2.05) is 0 Å². The van der Waals surface area contributed by atoms with E-state index in [1.54, 1.807) is 0 Å². The summed E-state index contributed by atoms with van der Waals surface area (Å²) in [5.74, 6) is -0.585. The van der Waals surface area contributed by atoms with Crippen molar-refractivity contribution in [3.8, 4) is 0 Å². The maximum Gasteiger partial charge on any atom is 0.306 e. The molecule has 0 aromatic heterocycles. The number of unbranched alkanes of at least 4 members (excludes halogenated alkanes) is 32. The van der Waals surface area contributed by atoms with Crippen molar-refractivity contribution < 1.29 is 24.2 Å². The van der Waals surface area contributed by atoms with Gasteiger partial charge in [-0.3, -0.25) is 9.59 Å². The molecule has 1 N–H and O–H groups in total. The minimum absolute atomic E-state index is 0.0679. The van der Waals surface area contributed by atoms with E-state index in [0.29, 0.717) is 12.8 Å². The van der Waals surface area contributed by atoms with Gasteiger partial charge in [0.15, 0.2) is 6.10 Å². The third kappa shape index (κ3) is 59.4. The first-order chi connectivity index (χ1) is 35.6. The number of ether oxygens (including phenoxy) is 2. The molecule has 1 unspecified atom stereocenters. The monoisotopic (exact) mass is 1000 g/mol. The number of carbonyl (C=O) groups excluding carboxylic acids is 2. The van der Waals surface area contributed by atoms with Crippen LogP contribution in [-0.2, 0) is 19.1 Å². The van der Waals surface area contributed by atoms with Crippen LogP contribution in [0, 0.1) is 0 Å². The van der Waals surface area contributed by atoms with Gasteiger partial charge in [0.25, 0.3) is 0 Å². The molecular formula is C67H116O5. The van der Waals surface area contributed by atoms with Crippen LogP contribution >= 0.6 is 0 Å². The zero-order valence-electron chi connectivity index (χ0n) is 47.4. The summed E-state index contributed by atoms with van der Waals surface area (Å²) in [5.41, 5.74) is 0. The van der Waals surface area contributed by atoms with Crippen LogP contribution in [0.15, 0.2) is 97.2 Å². The van der Waals surface area contributed by atoms with E-state index in [1.165, 1.54) is 186 Å². The van der Waals surface area contributed by atoms with E-state index in [2.05, 4.69) is 111 Å². The van der Waals surface area contributed by atoms with Gasteiger partial charge < -0.3 is 14.6 Å². The number of allylic oxidation sites excluding steroid dienone is 16. The molecule has 0 aromatic carbocycles. The van der Waals surface area contributed by atoms with E-state index in [9.17, 15) is 14.7 Å². The standard InChI is InChI=1S/C67H116O5/c1-3-5-7-9-11-13-15-17-19-21-23-25-27-29-30-31-32-33-34-35-36-38-40-42-44-46-48-50-52-54-56-58-60-62-67(70)72-65(63-68)64-71-66(69)61-59-57-55-53-51-49-47-45-43-41-39-37-28-26-24-22-20-18-16-14-12-10-8-6-4-2/h5,7,11,13,16-19,22-25,29-30,32-33,65,68H,3-4,6,8-10,12,14-15,20-21,26-28,31,34-64H2,1-2H3/b7-5-,13-11-,18-16-,19-17-,24-22-,25-23-,30-29-,33-32-. The van der Waals surface area contributed by atoms with Crippen LogP contribution in [0.4, 0.5) is 0 Å². The molecule has 0 fully saturated rings. The number of aliphatic hydroxyl groups is 1. The zero-order chi connectivity index (χ0) is 52.0. The lowest BCUT2D eigenvalue weighted by Crippen LogP contribution is -2.28. The van der Waals surface area contributed by atoms with Crippen molar-refractivity contribution in [2.45, 2.75) is 302 Å². The van der Waals surface area contributed by atoms with Crippen LogP contribution in [0.25, 0.3) is 0 Å². The maximum atomic E-state index is 12.3. The minimum atomic E-state index is -0.778. The van der Waals surface area contributed by atoms with Gasteiger partial charge >= 0.3 is 11.9 Å². The molecule has 0 bridgehead atoms. The van der Waals surface area contributed by atoms with Crippen molar-refractivity contribution in [2.75, 3.05) is 13.2 Å². The van der Waals surface area contributed by atoms with Crippen molar-refractivity contribution in [1.82, 2.24) is 0 Å².